The largest absolute Gasteiger partial charge is 0.322 e. The molecule has 0 saturated carbocycles. The lowest BCUT2D eigenvalue weighted by molar-refractivity contribution is 0.102. The predicted octanol–water partition coefficient (Wildman–Crippen LogP) is 3.88. The highest BCUT2D eigenvalue weighted by Crippen LogP contribution is 2.20. The Morgan fingerprint density at radius 2 is 1.72 bits per heavy atom. The maximum atomic E-state index is 13.7. The molecular formula is C20H11F3N4O2. The van der Waals surface area contributed by atoms with Crippen LogP contribution >= 0.6 is 0 Å². The summed E-state index contributed by atoms with van der Waals surface area (Å²) >= 11 is 0. The van der Waals surface area contributed by atoms with Crippen LogP contribution in [0.15, 0.2) is 54.7 Å². The molecule has 0 unspecified atom stereocenters. The molecule has 1 aromatic heterocycles. The van der Waals surface area contributed by atoms with Crippen molar-refractivity contribution in [3.8, 4) is 6.07 Å². The summed E-state index contributed by atoms with van der Waals surface area (Å²) in [5, 5.41) is 13.5. The van der Waals surface area contributed by atoms with Gasteiger partial charge in [0.15, 0.2) is 17.5 Å². The van der Waals surface area contributed by atoms with Gasteiger partial charge >= 0.3 is 0 Å². The molecule has 29 heavy (non-hydrogen) atoms. The Morgan fingerprint density at radius 3 is 2.48 bits per heavy atom. The van der Waals surface area contributed by atoms with Gasteiger partial charge in [0.25, 0.3) is 11.8 Å². The van der Waals surface area contributed by atoms with Gasteiger partial charge in [-0.2, -0.15) is 5.26 Å². The first-order chi connectivity index (χ1) is 13.9. The molecule has 0 spiro atoms. The minimum Gasteiger partial charge on any atom is -0.322 e. The van der Waals surface area contributed by atoms with Crippen molar-refractivity contribution >= 4 is 23.2 Å². The number of carbonyl (C=O) groups excluding carboxylic acids is 2. The van der Waals surface area contributed by atoms with Gasteiger partial charge in [-0.25, -0.2) is 13.2 Å². The van der Waals surface area contributed by atoms with Crippen LogP contribution in [0, 0.1) is 28.8 Å². The monoisotopic (exact) mass is 396 g/mol. The first-order valence-electron chi connectivity index (χ1n) is 8.11. The number of halogens is 3. The third-order valence-corrected chi connectivity index (χ3v) is 3.79. The van der Waals surface area contributed by atoms with Gasteiger partial charge in [-0.05, 0) is 42.5 Å². The van der Waals surface area contributed by atoms with Gasteiger partial charge in [-0.3, -0.25) is 14.6 Å². The molecule has 3 aromatic rings. The van der Waals surface area contributed by atoms with E-state index in [1.807, 2.05) is 6.07 Å². The molecule has 2 N–H and O–H groups in total. The fourth-order valence-electron chi connectivity index (χ4n) is 2.37. The second-order valence-corrected chi connectivity index (χ2v) is 5.75. The summed E-state index contributed by atoms with van der Waals surface area (Å²) in [5.41, 5.74) is -0.0171. The van der Waals surface area contributed by atoms with Crippen molar-refractivity contribution in [1.82, 2.24) is 4.98 Å². The standard InChI is InChI=1S/C20H11F3N4O2/c21-14-4-5-15(18(23)17(14)22)27-20(29)16-9-12(6-7-25-16)19(28)26-13-3-1-2-11(8-13)10-24/h1-9H,(H,26,28)(H,27,29). The van der Waals surface area contributed by atoms with E-state index in [2.05, 4.69) is 15.6 Å². The molecule has 2 aromatic carbocycles. The summed E-state index contributed by atoms with van der Waals surface area (Å²) in [6, 6.07) is 12.2. The lowest BCUT2D eigenvalue weighted by Crippen LogP contribution is -2.18. The summed E-state index contributed by atoms with van der Waals surface area (Å²) in [6.45, 7) is 0. The molecule has 3 rings (SSSR count). The summed E-state index contributed by atoms with van der Waals surface area (Å²) in [7, 11) is 0. The first-order valence-corrected chi connectivity index (χ1v) is 8.11. The molecule has 0 radical (unpaired) electrons. The number of nitrogens with zero attached hydrogens (tertiary/aromatic N) is 2. The van der Waals surface area contributed by atoms with Crippen LogP contribution in [0.25, 0.3) is 0 Å². The van der Waals surface area contributed by atoms with Gasteiger partial charge in [-0.15, -0.1) is 0 Å². The van der Waals surface area contributed by atoms with E-state index >= 15 is 0 Å². The van der Waals surface area contributed by atoms with Crippen LogP contribution in [0.4, 0.5) is 24.5 Å². The van der Waals surface area contributed by atoms with Crippen LogP contribution in [0.5, 0.6) is 0 Å². The highest BCUT2D eigenvalue weighted by Gasteiger charge is 2.17. The zero-order valence-corrected chi connectivity index (χ0v) is 14.5. The topological polar surface area (TPSA) is 94.9 Å². The Morgan fingerprint density at radius 1 is 0.931 bits per heavy atom. The van der Waals surface area contributed by atoms with Crippen LogP contribution in [0.2, 0.25) is 0 Å². The van der Waals surface area contributed by atoms with Crippen molar-refractivity contribution in [2.75, 3.05) is 10.6 Å². The number of benzene rings is 2. The number of nitrogens with one attached hydrogen (secondary N) is 2. The minimum absolute atomic E-state index is 0.0678. The van der Waals surface area contributed by atoms with Crippen LogP contribution in [-0.2, 0) is 0 Å². The van der Waals surface area contributed by atoms with E-state index in [1.165, 1.54) is 18.3 Å². The summed E-state index contributed by atoms with van der Waals surface area (Å²) < 4.78 is 40.0. The molecule has 9 heteroatoms. The minimum atomic E-state index is -1.72. The van der Waals surface area contributed by atoms with Crippen molar-refractivity contribution in [3.05, 3.63) is 89.0 Å². The molecule has 0 bridgehead atoms. The molecule has 0 aliphatic carbocycles. The van der Waals surface area contributed by atoms with Crippen molar-refractivity contribution in [3.63, 3.8) is 0 Å². The third kappa shape index (κ3) is 4.39. The number of hydrogen-bond acceptors (Lipinski definition) is 4. The summed E-state index contributed by atoms with van der Waals surface area (Å²) in [5.74, 6) is -6.16. The molecule has 0 aliphatic rings. The molecule has 144 valence electrons. The zero-order valence-electron chi connectivity index (χ0n) is 14.5. The highest BCUT2D eigenvalue weighted by atomic mass is 19.2. The average Bonchev–Trinajstić information content (AvgIpc) is 2.74. The summed E-state index contributed by atoms with van der Waals surface area (Å²) in [6.07, 6.45) is 1.19. The van der Waals surface area contributed by atoms with Crippen molar-refractivity contribution < 1.29 is 22.8 Å². The van der Waals surface area contributed by atoms with E-state index in [9.17, 15) is 22.8 Å². The van der Waals surface area contributed by atoms with Gasteiger partial charge in [0.2, 0.25) is 0 Å². The lowest BCUT2D eigenvalue weighted by Gasteiger charge is -2.09. The van der Waals surface area contributed by atoms with Gasteiger partial charge < -0.3 is 10.6 Å². The fourth-order valence-corrected chi connectivity index (χ4v) is 2.37. The Hall–Kier alpha value is -4.19. The van der Waals surface area contributed by atoms with Gasteiger partial charge in [-0.1, -0.05) is 6.07 Å². The molecule has 2 amide bonds. The first kappa shape index (κ1) is 19.6. The second-order valence-electron chi connectivity index (χ2n) is 5.75. The normalized spacial score (nSPS) is 10.1. The highest BCUT2D eigenvalue weighted by molar-refractivity contribution is 6.07. The molecule has 0 atom stereocenters. The van der Waals surface area contributed by atoms with Crippen molar-refractivity contribution in [1.29, 1.82) is 5.26 Å². The Balaban J connectivity index is 1.78. The quantitative estimate of drug-likeness (QED) is 0.655. The van der Waals surface area contributed by atoms with Crippen LogP contribution in [-0.4, -0.2) is 16.8 Å². The molecule has 0 saturated heterocycles. The summed E-state index contributed by atoms with van der Waals surface area (Å²) in [4.78, 5) is 28.4. The molecular weight excluding hydrogens is 385 g/mol. The Bertz CT molecular complexity index is 1160. The number of amides is 2. The lowest BCUT2D eigenvalue weighted by atomic mass is 10.1. The van der Waals surface area contributed by atoms with E-state index in [0.717, 1.165) is 12.1 Å². The number of anilines is 2. The number of nitriles is 1. The Kier molecular flexibility index (Phi) is 5.55. The fraction of sp³-hybridized carbons (Fsp3) is 0. The van der Waals surface area contributed by atoms with Crippen LogP contribution < -0.4 is 10.6 Å². The van der Waals surface area contributed by atoms with E-state index in [0.29, 0.717) is 17.3 Å². The maximum absolute atomic E-state index is 13.7. The SMILES string of the molecule is N#Cc1cccc(NC(=O)c2ccnc(C(=O)Nc3ccc(F)c(F)c3F)c2)c1. The van der Waals surface area contributed by atoms with Gasteiger partial charge in [0, 0.05) is 17.4 Å². The van der Waals surface area contributed by atoms with E-state index in [1.54, 1.807) is 18.2 Å². The molecule has 1 heterocycles. The van der Waals surface area contributed by atoms with Crippen molar-refractivity contribution in [2.24, 2.45) is 0 Å². The van der Waals surface area contributed by atoms with Crippen molar-refractivity contribution in [2.45, 2.75) is 0 Å². The Labute approximate surface area is 162 Å². The smallest absolute Gasteiger partial charge is 0.274 e. The molecule has 0 aliphatic heterocycles. The van der Waals surface area contributed by atoms with Crippen LogP contribution in [0.3, 0.4) is 0 Å². The predicted molar refractivity (Wildman–Crippen MR) is 97.6 cm³/mol. The van der Waals surface area contributed by atoms with E-state index in [4.69, 9.17) is 5.26 Å². The van der Waals surface area contributed by atoms with Crippen LogP contribution in [0.1, 0.15) is 26.4 Å². The maximum Gasteiger partial charge on any atom is 0.274 e. The number of carbonyl (C=O) groups is 2. The van der Waals surface area contributed by atoms with E-state index < -0.39 is 35.0 Å². The molecule has 6 nitrogen and oxygen atoms in total. The number of pyridine rings is 1. The van der Waals surface area contributed by atoms with E-state index in [-0.39, 0.29) is 11.3 Å². The number of hydrogen-bond donors (Lipinski definition) is 2. The number of rotatable bonds is 4. The molecule has 0 fully saturated rings. The average molecular weight is 396 g/mol. The third-order valence-electron chi connectivity index (χ3n) is 3.79. The zero-order chi connectivity index (χ0) is 21.0. The number of aromatic nitrogens is 1. The van der Waals surface area contributed by atoms with Gasteiger partial charge in [0.05, 0.1) is 17.3 Å². The van der Waals surface area contributed by atoms with Gasteiger partial charge in [0.1, 0.15) is 5.69 Å². The second kappa shape index (κ2) is 8.22.